The largest absolute Gasteiger partial charge is 0.493 e. The molecule has 6 heteroatoms. The van der Waals surface area contributed by atoms with Crippen LogP contribution in [0.1, 0.15) is 114 Å². The maximum absolute atomic E-state index is 14.3. The van der Waals surface area contributed by atoms with Crippen molar-refractivity contribution >= 4 is 11.7 Å². The zero-order valence-corrected chi connectivity index (χ0v) is 28.9. The van der Waals surface area contributed by atoms with E-state index in [0.29, 0.717) is 30.8 Å². The molecule has 47 heavy (non-hydrogen) atoms. The van der Waals surface area contributed by atoms with Crippen LogP contribution in [0.15, 0.2) is 42.5 Å². The van der Waals surface area contributed by atoms with Crippen molar-refractivity contribution < 1.29 is 19.1 Å². The number of methoxy groups -OCH3 is 1. The third-order valence-electron chi connectivity index (χ3n) is 12.7. The summed E-state index contributed by atoms with van der Waals surface area (Å²) in [5.74, 6) is 3.59. The number of likely N-dealkylation sites (tertiary alicyclic amines) is 1. The molecule has 5 aliphatic rings. The number of Topliss-reactive ketones (excluding diaryl/α,β-unsaturated/α-hetero) is 1. The molecule has 2 heterocycles. The Hall–Kier alpha value is -2.86. The summed E-state index contributed by atoms with van der Waals surface area (Å²) in [6.45, 7) is 3.94. The lowest BCUT2D eigenvalue weighted by Crippen LogP contribution is -2.69. The average molecular weight is 641 g/mol. The maximum atomic E-state index is 14.3. The van der Waals surface area contributed by atoms with Gasteiger partial charge in [-0.2, -0.15) is 0 Å². The number of rotatable bonds is 14. The fourth-order valence-corrected chi connectivity index (χ4v) is 10.6. The van der Waals surface area contributed by atoms with E-state index < -0.39 is 0 Å². The molecule has 5 atom stereocenters. The minimum Gasteiger partial charge on any atom is -0.493 e. The van der Waals surface area contributed by atoms with Crippen molar-refractivity contribution in [3.63, 3.8) is 0 Å². The zero-order chi connectivity index (χ0) is 32.4. The number of hydrogen-bond donors (Lipinski definition) is 0. The van der Waals surface area contributed by atoms with Gasteiger partial charge in [-0.05, 0) is 93.9 Å². The molecular weight excluding hydrogens is 584 g/mol. The van der Waals surface area contributed by atoms with Crippen LogP contribution in [0.2, 0.25) is 0 Å². The Balaban J connectivity index is 1.13. The second-order valence-electron chi connectivity index (χ2n) is 15.4. The Morgan fingerprint density at radius 1 is 0.979 bits per heavy atom. The van der Waals surface area contributed by atoms with Crippen LogP contribution in [-0.4, -0.2) is 66.4 Å². The van der Waals surface area contributed by atoms with Crippen molar-refractivity contribution in [2.24, 2.45) is 11.8 Å². The molecule has 3 aliphatic carbocycles. The predicted octanol–water partition coefficient (Wildman–Crippen LogP) is 7.68. The molecule has 0 N–H and O–H groups in total. The number of carbonyl (C=O) groups excluding carboxylic acids is 2. The van der Waals surface area contributed by atoms with Gasteiger partial charge in [-0.25, -0.2) is 0 Å². The van der Waals surface area contributed by atoms with Gasteiger partial charge in [0.05, 0.1) is 19.7 Å². The normalized spacial score (nSPS) is 28.0. The molecule has 0 radical (unpaired) electrons. The van der Waals surface area contributed by atoms with Crippen molar-refractivity contribution in [3.05, 3.63) is 59.2 Å². The topological polar surface area (TPSA) is 59.1 Å². The summed E-state index contributed by atoms with van der Waals surface area (Å²) < 4.78 is 13.0. The average Bonchev–Trinajstić information content (AvgIpc) is 3.44. The summed E-state index contributed by atoms with van der Waals surface area (Å²) in [6.07, 6.45) is 18.0. The van der Waals surface area contributed by atoms with Gasteiger partial charge in [-0.1, -0.05) is 81.3 Å². The number of ketones is 1. The number of benzene rings is 2. The smallest absolute Gasteiger partial charge is 0.222 e. The van der Waals surface area contributed by atoms with Crippen molar-refractivity contribution in [2.75, 3.05) is 26.7 Å². The van der Waals surface area contributed by atoms with Crippen LogP contribution in [0, 0.1) is 11.8 Å². The molecule has 2 aromatic carbocycles. The number of ether oxygens (including phenoxy) is 2. The van der Waals surface area contributed by atoms with Gasteiger partial charge in [0.2, 0.25) is 5.91 Å². The standard InChI is InChI=1S/C41H56N2O4/c1-29(44)28-42-26-24-41-33-21-22-34(40(41)47-39-36(46-2)23-20-32(38(39)41)27-35(33)42)43(25-12-11-18-31-15-7-4-8-16-31)37(45)19-10-9-17-30-13-5-3-6-14-30/h4,7-8,15-16,20,23,30,33-35,40H,3,5-6,9-14,17-19,21-22,24-28H2,1-2H3/t33-,34+,35+,40-,41-/m0/s1. The van der Waals surface area contributed by atoms with Crippen molar-refractivity contribution in [3.8, 4) is 11.5 Å². The minimum atomic E-state index is -0.137. The van der Waals surface area contributed by atoms with E-state index in [2.05, 4.69) is 52.3 Å². The monoisotopic (exact) mass is 640 g/mol. The summed E-state index contributed by atoms with van der Waals surface area (Å²) in [5.41, 5.74) is 3.94. The number of hydrogen-bond acceptors (Lipinski definition) is 5. The minimum absolute atomic E-state index is 0.0527. The van der Waals surface area contributed by atoms with Crippen LogP contribution >= 0.6 is 0 Å². The number of amides is 1. The second kappa shape index (κ2) is 14.3. The molecule has 2 aliphatic heterocycles. The highest BCUT2D eigenvalue weighted by Crippen LogP contribution is 2.64. The van der Waals surface area contributed by atoms with Crippen LogP contribution in [0.25, 0.3) is 0 Å². The first-order valence-electron chi connectivity index (χ1n) is 18.9. The Labute approximate surface area is 282 Å². The van der Waals surface area contributed by atoms with E-state index in [-0.39, 0.29) is 23.3 Å². The van der Waals surface area contributed by atoms with Gasteiger partial charge in [0.15, 0.2) is 11.5 Å². The first-order valence-corrected chi connectivity index (χ1v) is 18.9. The first-order chi connectivity index (χ1) is 23.0. The molecule has 1 saturated heterocycles. The number of carbonyl (C=O) groups is 2. The van der Waals surface area contributed by atoms with Crippen LogP contribution in [0.4, 0.5) is 0 Å². The van der Waals surface area contributed by atoms with E-state index in [0.717, 1.165) is 88.3 Å². The molecule has 3 fully saturated rings. The molecule has 2 bridgehead atoms. The van der Waals surface area contributed by atoms with Gasteiger partial charge in [-0.3, -0.25) is 14.5 Å². The number of nitrogens with zero attached hydrogens (tertiary/aromatic N) is 2. The SMILES string of the molecule is COc1ccc2c3c1O[C@H]1[C@H](N(CCCCc4ccccc4)C(=O)CCCCC4CCCCC4)CC[C@H]4[C@@H](C2)N(CC(C)=O)CC[C@@]341. The van der Waals surface area contributed by atoms with Gasteiger partial charge in [0.1, 0.15) is 11.9 Å². The highest BCUT2D eigenvalue weighted by atomic mass is 16.5. The molecular formula is C41H56N2O4. The molecule has 2 saturated carbocycles. The molecule has 254 valence electrons. The third kappa shape index (κ3) is 6.36. The molecule has 0 aromatic heterocycles. The quantitative estimate of drug-likeness (QED) is 0.198. The number of piperidine rings is 1. The van der Waals surface area contributed by atoms with Crippen molar-refractivity contribution in [1.29, 1.82) is 0 Å². The van der Waals surface area contributed by atoms with Crippen LogP contribution < -0.4 is 9.47 Å². The van der Waals surface area contributed by atoms with E-state index in [1.54, 1.807) is 14.0 Å². The fourth-order valence-electron chi connectivity index (χ4n) is 10.6. The van der Waals surface area contributed by atoms with Crippen molar-refractivity contribution in [2.45, 2.75) is 133 Å². The third-order valence-corrected chi connectivity index (χ3v) is 12.7. The zero-order valence-electron chi connectivity index (χ0n) is 28.9. The predicted molar refractivity (Wildman–Crippen MR) is 186 cm³/mol. The van der Waals surface area contributed by atoms with Crippen LogP contribution in [0.3, 0.4) is 0 Å². The molecule has 6 nitrogen and oxygen atoms in total. The molecule has 2 aromatic rings. The summed E-state index contributed by atoms with van der Waals surface area (Å²) in [7, 11) is 1.74. The Morgan fingerprint density at radius 3 is 2.60 bits per heavy atom. The summed E-state index contributed by atoms with van der Waals surface area (Å²) in [4.78, 5) is 31.4. The summed E-state index contributed by atoms with van der Waals surface area (Å²) in [5, 5.41) is 0. The lowest BCUT2D eigenvalue weighted by Gasteiger charge is -2.60. The Bertz CT molecular complexity index is 1400. The molecule has 1 spiro atoms. The van der Waals surface area contributed by atoms with E-state index >= 15 is 0 Å². The fraction of sp³-hybridized carbons (Fsp3) is 0.659. The molecule has 1 amide bonds. The molecule has 7 rings (SSSR count). The summed E-state index contributed by atoms with van der Waals surface area (Å²) in [6, 6.07) is 15.4. The van der Waals surface area contributed by atoms with Crippen LogP contribution in [0.5, 0.6) is 11.5 Å². The second-order valence-corrected chi connectivity index (χ2v) is 15.4. The van der Waals surface area contributed by atoms with Gasteiger partial charge in [0.25, 0.3) is 0 Å². The van der Waals surface area contributed by atoms with E-state index in [9.17, 15) is 9.59 Å². The van der Waals surface area contributed by atoms with Gasteiger partial charge < -0.3 is 14.4 Å². The van der Waals surface area contributed by atoms with Crippen LogP contribution in [-0.2, 0) is 27.8 Å². The van der Waals surface area contributed by atoms with E-state index in [1.807, 2.05) is 0 Å². The Kier molecular flexibility index (Phi) is 9.96. The number of unbranched alkanes of at least 4 members (excludes halogenated alkanes) is 2. The lowest BCUT2D eigenvalue weighted by molar-refractivity contribution is -0.144. The molecule has 0 unspecified atom stereocenters. The van der Waals surface area contributed by atoms with Gasteiger partial charge in [-0.15, -0.1) is 0 Å². The van der Waals surface area contributed by atoms with Gasteiger partial charge >= 0.3 is 0 Å². The highest BCUT2D eigenvalue weighted by Gasteiger charge is 2.66. The number of aryl methyl sites for hydroxylation is 1. The Morgan fingerprint density at radius 2 is 1.81 bits per heavy atom. The van der Waals surface area contributed by atoms with E-state index in [4.69, 9.17) is 9.47 Å². The van der Waals surface area contributed by atoms with Gasteiger partial charge in [0, 0.05) is 30.0 Å². The highest BCUT2D eigenvalue weighted by molar-refractivity contribution is 5.78. The van der Waals surface area contributed by atoms with E-state index in [1.165, 1.54) is 55.2 Å². The maximum Gasteiger partial charge on any atom is 0.222 e. The van der Waals surface area contributed by atoms with Crippen molar-refractivity contribution in [1.82, 2.24) is 9.80 Å². The lowest BCUT2D eigenvalue weighted by atomic mass is 9.51. The first kappa shape index (κ1) is 32.7. The summed E-state index contributed by atoms with van der Waals surface area (Å²) >= 11 is 0.